The lowest BCUT2D eigenvalue weighted by molar-refractivity contribution is -0.113. The fourth-order valence-electron chi connectivity index (χ4n) is 3.25. The van der Waals surface area contributed by atoms with E-state index in [1.807, 2.05) is 49.4 Å². The van der Waals surface area contributed by atoms with E-state index in [-0.39, 0.29) is 22.7 Å². The van der Waals surface area contributed by atoms with Gasteiger partial charge in [-0.05, 0) is 29.7 Å². The standard InChI is InChI=1S/C22H21ClN6O2S/c1-2-14-7-4-6-10-17(14)24-19(30)13-32-12-18-25-21-20(22(31)26-18)27-28-29(21)11-15-8-3-5-9-16(15)23/h3-10H,2,11-13H2,1H3,(H,24,30)(H,25,26,31). The normalized spacial score (nSPS) is 11.1. The molecule has 2 aromatic carbocycles. The van der Waals surface area contributed by atoms with Gasteiger partial charge in [-0.25, -0.2) is 9.67 Å². The summed E-state index contributed by atoms with van der Waals surface area (Å²) >= 11 is 7.60. The van der Waals surface area contributed by atoms with Crippen molar-refractivity contribution < 1.29 is 4.79 Å². The third-order valence-electron chi connectivity index (χ3n) is 4.84. The molecular weight excluding hydrogens is 448 g/mol. The molecule has 0 unspecified atom stereocenters. The largest absolute Gasteiger partial charge is 0.325 e. The molecule has 4 rings (SSSR count). The second-order valence-corrected chi connectivity index (χ2v) is 8.47. The molecule has 0 spiro atoms. The number of hydrogen-bond acceptors (Lipinski definition) is 6. The average Bonchev–Trinajstić information content (AvgIpc) is 3.19. The molecule has 8 nitrogen and oxygen atoms in total. The van der Waals surface area contributed by atoms with Crippen molar-refractivity contribution in [3.8, 4) is 0 Å². The van der Waals surface area contributed by atoms with Gasteiger partial charge in [0.25, 0.3) is 5.56 Å². The lowest BCUT2D eigenvalue weighted by Crippen LogP contribution is -2.16. The van der Waals surface area contributed by atoms with E-state index in [2.05, 4.69) is 25.6 Å². The number of halogens is 1. The predicted octanol–water partition coefficient (Wildman–Crippen LogP) is 3.65. The van der Waals surface area contributed by atoms with Crippen molar-refractivity contribution >= 4 is 46.1 Å². The Labute approximate surface area is 193 Å². The fourth-order valence-corrected chi connectivity index (χ4v) is 4.14. The lowest BCUT2D eigenvalue weighted by atomic mass is 10.1. The van der Waals surface area contributed by atoms with Gasteiger partial charge in [0.05, 0.1) is 18.1 Å². The number of carbonyl (C=O) groups is 1. The molecule has 0 radical (unpaired) electrons. The smallest absolute Gasteiger partial charge is 0.281 e. The van der Waals surface area contributed by atoms with Crippen LogP contribution >= 0.6 is 23.4 Å². The lowest BCUT2D eigenvalue weighted by Gasteiger charge is -2.09. The first kappa shape index (κ1) is 22.0. The first-order chi connectivity index (χ1) is 15.5. The number of amides is 1. The number of benzene rings is 2. The maximum absolute atomic E-state index is 12.4. The van der Waals surface area contributed by atoms with Gasteiger partial charge in [0.15, 0.2) is 11.2 Å². The molecule has 164 valence electrons. The van der Waals surface area contributed by atoms with Crippen LogP contribution in [0.15, 0.2) is 53.3 Å². The number of nitrogens with one attached hydrogen (secondary N) is 2. The number of nitrogens with zero attached hydrogens (tertiary/aromatic N) is 4. The van der Waals surface area contributed by atoms with Crippen LogP contribution in [0, 0.1) is 0 Å². The number of para-hydroxylation sites is 1. The SMILES string of the molecule is CCc1ccccc1NC(=O)CSCc1nc2c(nnn2Cc2ccccc2Cl)c(=O)[nH]1. The van der Waals surface area contributed by atoms with E-state index in [1.165, 1.54) is 11.8 Å². The zero-order valence-electron chi connectivity index (χ0n) is 17.3. The number of fused-ring (bicyclic) bond motifs is 1. The van der Waals surface area contributed by atoms with E-state index in [9.17, 15) is 9.59 Å². The van der Waals surface area contributed by atoms with Crippen LogP contribution < -0.4 is 10.9 Å². The number of aromatic amines is 1. The van der Waals surface area contributed by atoms with Gasteiger partial charge in [0.2, 0.25) is 5.91 Å². The maximum atomic E-state index is 12.4. The Bertz CT molecular complexity index is 1320. The summed E-state index contributed by atoms with van der Waals surface area (Å²) in [7, 11) is 0. The topological polar surface area (TPSA) is 106 Å². The van der Waals surface area contributed by atoms with Gasteiger partial charge in [-0.1, -0.05) is 60.1 Å². The molecule has 1 amide bonds. The molecule has 0 bridgehead atoms. The molecule has 32 heavy (non-hydrogen) atoms. The van der Waals surface area contributed by atoms with Gasteiger partial charge in [0, 0.05) is 10.7 Å². The molecule has 2 heterocycles. The number of carbonyl (C=O) groups excluding carboxylic acids is 1. The molecule has 0 saturated heterocycles. The highest BCUT2D eigenvalue weighted by Gasteiger charge is 2.14. The molecule has 0 atom stereocenters. The number of anilines is 1. The summed E-state index contributed by atoms with van der Waals surface area (Å²) in [5, 5.41) is 11.6. The Kier molecular flexibility index (Phi) is 6.87. The Balaban J connectivity index is 1.44. The number of rotatable bonds is 8. The van der Waals surface area contributed by atoms with Crippen molar-refractivity contribution in [1.82, 2.24) is 25.0 Å². The third-order valence-corrected chi connectivity index (χ3v) is 6.16. The van der Waals surface area contributed by atoms with Crippen LogP contribution in [-0.2, 0) is 23.5 Å². The molecule has 10 heteroatoms. The van der Waals surface area contributed by atoms with Gasteiger partial charge in [-0.3, -0.25) is 9.59 Å². The Morgan fingerprint density at radius 1 is 1.16 bits per heavy atom. The first-order valence-corrected chi connectivity index (χ1v) is 11.6. The zero-order valence-corrected chi connectivity index (χ0v) is 18.9. The summed E-state index contributed by atoms with van der Waals surface area (Å²) in [4.78, 5) is 32.0. The molecule has 0 saturated carbocycles. The second-order valence-electron chi connectivity index (χ2n) is 7.08. The van der Waals surface area contributed by atoms with Crippen molar-refractivity contribution in [2.45, 2.75) is 25.6 Å². The van der Waals surface area contributed by atoms with Gasteiger partial charge >= 0.3 is 0 Å². The van der Waals surface area contributed by atoms with E-state index in [4.69, 9.17) is 11.6 Å². The first-order valence-electron chi connectivity index (χ1n) is 10.1. The van der Waals surface area contributed by atoms with Crippen LogP contribution in [0.25, 0.3) is 11.2 Å². The second kappa shape index (κ2) is 9.97. The summed E-state index contributed by atoms with van der Waals surface area (Å²) in [5.41, 5.74) is 2.94. The molecule has 0 aliphatic carbocycles. The van der Waals surface area contributed by atoms with Crippen molar-refractivity contribution in [1.29, 1.82) is 0 Å². The molecule has 4 aromatic rings. The van der Waals surface area contributed by atoms with E-state index in [1.54, 1.807) is 10.7 Å². The minimum atomic E-state index is -0.364. The van der Waals surface area contributed by atoms with Crippen molar-refractivity contribution in [3.63, 3.8) is 0 Å². The number of aromatic nitrogens is 5. The van der Waals surface area contributed by atoms with Crippen molar-refractivity contribution in [2.24, 2.45) is 0 Å². The van der Waals surface area contributed by atoms with Crippen LogP contribution in [-0.4, -0.2) is 36.6 Å². The van der Waals surface area contributed by atoms with E-state index >= 15 is 0 Å². The third kappa shape index (κ3) is 5.00. The van der Waals surface area contributed by atoms with Crippen LogP contribution in [0.1, 0.15) is 23.9 Å². The van der Waals surface area contributed by atoms with Gasteiger partial charge in [0.1, 0.15) is 5.82 Å². The molecule has 0 aliphatic heterocycles. The summed E-state index contributed by atoms with van der Waals surface area (Å²) in [6, 6.07) is 15.1. The van der Waals surface area contributed by atoms with E-state index in [0.29, 0.717) is 28.8 Å². The summed E-state index contributed by atoms with van der Waals surface area (Å²) < 4.78 is 1.55. The van der Waals surface area contributed by atoms with Crippen molar-refractivity contribution in [2.75, 3.05) is 11.1 Å². The quantitative estimate of drug-likeness (QED) is 0.409. The number of H-pyrrole nitrogens is 1. The summed E-state index contributed by atoms with van der Waals surface area (Å²) in [5.74, 6) is 0.948. The minimum absolute atomic E-state index is 0.107. The number of thioether (sulfide) groups is 1. The van der Waals surface area contributed by atoms with Gasteiger partial charge < -0.3 is 10.3 Å². The molecular formula is C22H21ClN6O2S. The summed E-state index contributed by atoms with van der Waals surface area (Å²) in [6.45, 7) is 2.39. The highest BCUT2D eigenvalue weighted by Crippen LogP contribution is 2.18. The minimum Gasteiger partial charge on any atom is -0.325 e. The zero-order chi connectivity index (χ0) is 22.5. The average molecular weight is 469 g/mol. The van der Waals surface area contributed by atoms with E-state index in [0.717, 1.165) is 23.2 Å². The molecule has 2 aromatic heterocycles. The van der Waals surface area contributed by atoms with Gasteiger partial charge in [-0.2, -0.15) is 0 Å². The van der Waals surface area contributed by atoms with Crippen LogP contribution in [0.3, 0.4) is 0 Å². The number of hydrogen-bond donors (Lipinski definition) is 2. The van der Waals surface area contributed by atoms with Crippen molar-refractivity contribution in [3.05, 3.63) is 80.9 Å². The molecule has 2 N–H and O–H groups in total. The van der Waals surface area contributed by atoms with Gasteiger partial charge in [-0.15, -0.1) is 16.9 Å². The molecule has 0 aliphatic rings. The highest BCUT2D eigenvalue weighted by atomic mass is 35.5. The predicted molar refractivity (Wildman–Crippen MR) is 127 cm³/mol. The van der Waals surface area contributed by atoms with Crippen LogP contribution in [0.2, 0.25) is 5.02 Å². The van der Waals surface area contributed by atoms with Crippen LogP contribution in [0.5, 0.6) is 0 Å². The van der Waals surface area contributed by atoms with E-state index < -0.39 is 0 Å². The van der Waals surface area contributed by atoms with Crippen LogP contribution in [0.4, 0.5) is 5.69 Å². The monoisotopic (exact) mass is 468 g/mol. The molecule has 0 fully saturated rings. The Morgan fingerprint density at radius 2 is 1.91 bits per heavy atom. The Morgan fingerprint density at radius 3 is 2.69 bits per heavy atom. The highest BCUT2D eigenvalue weighted by molar-refractivity contribution is 7.99. The maximum Gasteiger partial charge on any atom is 0.281 e. The fraction of sp³-hybridized carbons (Fsp3) is 0.227. The Hall–Kier alpha value is -3.17. The summed E-state index contributed by atoms with van der Waals surface area (Å²) in [6.07, 6.45) is 0.838. The number of aryl methyl sites for hydroxylation is 1.